The maximum Gasteiger partial charge on any atom is 0.251 e. The Labute approximate surface area is 118 Å². The van der Waals surface area contributed by atoms with E-state index in [0.717, 1.165) is 4.47 Å². The SMILES string of the molecule is CC(CCNC(=O)c1ccc(Br)c(N)c1)S(C)=O. The average molecular weight is 333 g/mol. The Morgan fingerprint density at radius 2 is 2.22 bits per heavy atom. The molecule has 100 valence electrons. The molecule has 0 fully saturated rings. The third kappa shape index (κ3) is 4.42. The number of carbonyl (C=O) groups excluding carboxylic acids is 1. The van der Waals surface area contributed by atoms with Crippen LogP contribution in [-0.2, 0) is 10.8 Å². The number of nitrogen functional groups attached to an aromatic ring is 1. The van der Waals surface area contributed by atoms with Gasteiger partial charge in [-0.25, -0.2) is 0 Å². The summed E-state index contributed by atoms with van der Waals surface area (Å²) in [6.07, 6.45) is 2.36. The molecule has 1 aromatic rings. The van der Waals surface area contributed by atoms with Crippen molar-refractivity contribution in [2.75, 3.05) is 18.5 Å². The predicted octanol–water partition coefficient (Wildman–Crippen LogP) is 1.92. The van der Waals surface area contributed by atoms with Gasteiger partial charge in [-0.3, -0.25) is 9.00 Å². The van der Waals surface area contributed by atoms with Crippen LogP contribution >= 0.6 is 15.9 Å². The number of nitrogens with two attached hydrogens (primary N) is 1. The Morgan fingerprint density at radius 1 is 1.56 bits per heavy atom. The third-order valence-corrected chi connectivity index (χ3v) is 4.75. The van der Waals surface area contributed by atoms with Crippen molar-refractivity contribution in [2.45, 2.75) is 18.6 Å². The second-order valence-electron chi connectivity index (χ2n) is 4.09. The maximum absolute atomic E-state index is 11.8. The number of rotatable bonds is 5. The van der Waals surface area contributed by atoms with Gasteiger partial charge in [0.05, 0.1) is 0 Å². The quantitative estimate of drug-likeness (QED) is 0.809. The van der Waals surface area contributed by atoms with E-state index >= 15 is 0 Å². The van der Waals surface area contributed by atoms with Crippen molar-refractivity contribution in [3.63, 3.8) is 0 Å². The molecule has 0 saturated heterocycles. The largest absolute Gasteiger partial charge is 0.398 e. The van der Waals surface area contributed by atoms with E-state index in [1.54, 1.807) is 24.5 Å². The van der Waals surface area contributed by atoms with Crippen molar-refractivity contribution in [1.82, 2.24) is 5.32 Å². The van der Waals surface area contributed by atoms with Gasteiger partial charge in [-0.05, 0) is 40.5 Å². The number of halogens is 1. The van der Waals surface area contributed by atoms with E-state index in [0.29, 0.717) is 24.2 Å². The molecule has 0 spiro atoms. The third-order valence-electron chi connectivity index (χ3n) is 2.66. The molecule has 0 aromatic heterocycles. The minimum absolute atomic E-state index is 0.0836. The number of anilines is 1. The highest BCUT2D eigenvalue weighted by Gasteiger charge is 2.09. The normalized spacial score (nSPS) is 13.9. The summed E-state index contributed by atoms with van der Waals surface area (Å²) in [4.78, 5) is 11.8. The molecule has 1 rings (SSSR count). The number of nitrogens with one attached hydrogen (secondary N) is 1. The van der Waals surface area contributed by atoms with Gasteiger partial charge in [0.25, 0.3) is 5.91 Å². The molecule has 0 aliphatic heterocycles. The van der Waals surface area contributed by atoms with Gasteiger partial charge < -0.3 is 11.1 Å². The molecular weight excluding hydrogens is 316 g/mol. The second kappa shape index (κ2) is 6.89. The maximum atomic E-state index is 11.8. The van der Waals surface area contributed by atoms with E-state index in [1.165, 1.54) is 0 Å². The van der Waals surface area contributed by atoms with Crippen LogP contribution in [0.3, 0.4) is 0 Å². The van der Waals surface area contributed by atoms with Crippen molar-refractivity contribution in [3.05, 3.63) is 28.2 Å². The highest BCUT2D eigenvalue weighted by molar-refractivity contribution is 9.10. The minimum Gasteiger partial charge on any atom is -0.398 e. The van der Waals surface area contributed by atoms with Crippen LogP contribution in [0.2, 0.25) is 0 Å². The first kappa shape index (κ1) is 15.2. The Kier molecular flexibility index (Phi) is 5.81. The van der Waals surface area contributed by atoms with Crippen LogP contribution in [-0.4, -0.2) is 28.2 Å². The highest BCUT2D eigenvalue weighted by Crippen LogP contribution is 2.20. The molecule has 2 unspecified atom stereocenters. The van der Waals surface area contributed by atoms with Crippen molar-refractivity contribution in [2.24, 2.45) is 0 Å². The molecule has 0 radical (unpaired) electrons. The summed E-state index contributed by atoms with van der Waals surface area (Å²) in [5.41, 5.74) is 6.77. The summed E-state index contributed by atoms with van der Waals surface area (Å²) < 4.78 is 11.9. The molecule has 0 aliphatic rings. The predicted molar refractivity (Wildman–Crippen MR) is 79.0 cm³/mol. The standard InChI is InChI=1S/C12H17BrN2O2S/c1-8(18(2)17)5-6-15-12(16)9-3-4-10(13)11(14)7-9/h3-4,7-8H,5-6,14H2,1-2H3,(H,15,16). The number of hydrogen-bond acceptors (Lipinski definition) is 3. The number of hydrogen-bond donors (Lipinski definition) is 2. The Morgan fingerprint density at radius 3 is 2.78 bits per heavy atom. The first-order valence-electron chi connectivity index (χ1n) is 5.57. The van der Waals surface area contributed by atoms with Crippen LogP contribution in [0.5, 0.6) is 0 Å². The van der Waals surface area contributed by atoms with Crippen molar-refractivity contribution in [1.29, 1.82) is 0 Å². The first-order valence-corrected chi connectivity index (χ1v) is 7.98. The molecule has 18 heavy (non-hydrogen) atoms. The Bertz CT molecular complexity index is 465. The van der Waals surface area contributed by atoms with Crippen LogP contribution in [0.25, 0.3) is 0 Å². The van der Waals surface area contributed by atoms with Gasteiger partial charge in [0, 0.05) is 44.6 Å². The molecule has 3 N–H and O–H groups in total. The van der Waals surface area contributed by atoms with E-state index in [1.807, 2.05) is 6.92 Å². The van der Waals surface area contributed by atoms with E-state index < -0.39 is 10.8 Å². The molecule has 0 bridgehead atoms. The summed E-state index contributed by atoms with van der Waals surface area (Å²) in [6, 6.07) is 5.08. The molecule has 0 aliphatic carbocycles. The Balaban J connectivity index is 2.50. The lowest BCUT2D eigenvalue weighted by Crippen LogP contribution is -2.27. The van der Waals surface area contributed by atoms with E-state index in [-0.39, 0.29) is 11.2 Å². The molecule has 2 atom stereocenters. The minimum atomic E-state index is -0.854. The molecule has 0 saturated carbocycles. The van der Waals surface area contributed by atoms with Crippen molar-refractivity contribution >= 4 is 38.3 Å². The zero-order valence-electron chi connectivity index (χ0n) is 10.4. The van der Waals surface area contributed by atoms with Crippen LogP contribution in [0, 0.1) is 0 Å². The number of amides is 1. The summed E-state index contributed by atoms with van der Waals surface area (Å²) >= 11 is 3.28. The summed E-state index contributed by atoms with van der Waals surface area (Å²) in [6.45, 7) is 2.41. The van der Waals surface area contributed by atoms with Gasteiger partial charge in [0.15, 0.2) is 0 Å². The molecule has 1 aromatic carbocycles. The van der Waals surface area contributed by atoms with Gasteiger partial charge in [-0.2, -0.15) is 0 Å². The van der Waals surface area contributed by atoms with Crippen molar-refractivity contribution in [3.8, 4) is 0 Å². The first-order chi connectivity index (χ1) is 8.41. The molecular formula is C12H17BrN2O2S. The summed E-state index contributed by atoms with van der Waals surface area (Å²) in [7, 11) is -0.854. The van der Waals surface area contributed by atoms with Crippen LogP contribution in [0.1, 0.15) is 23.7 Å². The van der Waals surface area contributed by atoms with Gasteiger partial charge in [-0.1, -0.05) is 6.92 Å². The zero-order valence-corrected chi connectivity index (χ0v) is 12.8. The van der Waals surface area contributed by atoms with Gasteiger partial charge in [0.2, 0.25) is 0 Å². The van der Waals surface area contributed by atoms with Gasteiger partial charge in [0.1, 0.15) is 0 Å². The molecule has 6 heteroatoms. The number of carbonyl (C=O) groups is 1. The fourth-order valence-electron chi connectivity index (χ4n) is 1.34. The summed E-state index contributed by atoms with van der Waals surface area (Å²) in [5, 5.41) is 2.87. The lowest BCUT2D eigenvalue weighted by Gasteiger charge is -2.09. The van der Waals surface area contributed by atoms with Crippen LogP contribution in [0.15, 0.2) is 22.7 Å². The topological polar surface area (TPSA) is 72.2 Å². The van der Waals surface area contributed by atoms with Gasteiger partial charge >= 0.3 is 0 Å². The molecule has 4 nitrogen and oxygen atoms in total. The lowest BCUT2D eigenvalue weighted by molar-refractivity contribution is 0.0953. The number of benzene rings is 1. The molecule has 1 amide bonds. The van der Waals surface area contributed by atoms with Crippen LogP contribution < -0.4 is 11.1 Å². The van der Waals surface area contributed by atoms with Crippen molar-refractivity contribution < 1.29 is 9.00 Å². The second-order valence-corrected chi connectivity index (χ2v) is 6.75. The summed E-state index contributed by atoms with van der Waals surface area (Å²) in [5.74, 6) is -0.164. The highest BCUT2D eigenvalue weighted by atomic mass is 79.9. The fraction of sp³-hybridized carbons (Fsp3) is 0.417. The van der Waals surface area contributed by atoms with Gasteiger partial charge in [-0.15, -0.1) is 0 Å². The molecule has 0 heterocycles. The zero-order chi connectivity index (χ0) is 13.7. The Hall–Kier alpha value is -0.880. The lowest BCUT2D eigenvalue weighted by atomic mass is 10.2. The fourth-order valence-corrected chi connectivity index (χ4v) is 2.04. The van der Waals surface area contributed by atoms with E-state index in [9.17, 15) is 9.00 Å². The smallest absolute Gasteiger partial charge is 0.251 e. The monoisotopic (exact) mass is 332 g/mol. The van der Waals surface area contributed by atoms with Crippen LogP contribution in [0.4, 0.5) is 5.69 Å². The average Bonchev–Trinajstić information content (AvgIpc) is 2.32. The van der Waals surface area contributed by atoms with E-state index in [4.69, 9.17) is 5.73 Å². The van der Waals surface area contributed by atoms with E-state index in [2.05, 4.69) is 21.2 Å².